The first-order valence-electron chi connectivity index (χ1n) is 7.07. The molecule has 0 aliphatic carbocycles. The van der Waals surface area contributed by atoms with Crippen LogP contribution in [0.1, 0.15) is 18.4 Å². The average molecular weight is 246 g/mol. The Morgan fingerprint density at radius 2 is 2.28 bits per heavy atom. The first kappa shape index (κ1) is 12.0. The summed E-state index contributed by atoms with van der Waals surface area (Å²) in [6.45, 7) is 5.07. The minimum atomic E-state index is 0.535. The second-order valence-corrected chi connectivity index (χ2v) is 5.23. The fourth-order valence-electron chi connectivity index (χ4n) is 2.96. The Hall–Kier alpha value is -1.06. The summed E-state index contributed by atoms with van der Waals surface area (Å²) in [6.07, 6.45) is 3.69. The minimum absolute atomic E-state index is 0.535. The van der Waals surface area contributed by atoms with E-state index in [0.717, 1.165) is 26.3 Å². The van der Waals surface area contributed by atoms with Crippen molar-refractivity contribution in [3.8, 4) is 0 Å². The molecule has 2 aliphatic rings. The largest absolute Gasteiger partial charge is 0.379 e. The number of ether oxygens (including phenoxy) is 1. The van der Waals surface area contributed by atoms with Crippen molar-refractivity contribution >= 4 is 5.69 Å². The summed E-state index contributed by atoms with van der Waals surface area (Å²) in [7, 11) is 0. The first-order chi connectivity index (χ1) is 8.93. The van der Waals surface area contributed by atoms with Crippen LogP contribution in [0.2, 0.25) is 0 Å². The Morgan fingerprint density at radius 1 is 1.33 bits per heavy atom. The van der Waals surface area contributed by atoms with Crippen molar-refractivity contribution in [2.45, 2.75) is 25.3 Å². The van der Waals surface area contributed by atoms with Crippen molar-refractivity contribution in [2.24, 2.45) is 0 Å². The maximum atomic E-state index is 5.51. The number of benzene rings is 1. The highest BCUT2D eigenvalue weighted by molar-refractivity contribution is 5.55. The first-order valence-corrected chi connectivity index (χ1v) is 7.07. The van der Waals surface area contributed by atoms with Gasteiger partial charge in [-0.25, -0.2) is 0 Å². The van der Waals surface area contributed by atoms with Crippen LogP contribution in [0, 0.1) is 0 Å². The van der Waals surface area contributed by atoms with Crippen molar-refractivity contribution in [3.63, 3.8) is 0 Å². The predicted octanol–water partition coefficient (Wildman–Crippen LogP) is 1.82. The highest BCUT2D eigenvalue weighted by Gasteiger charge is 2.18. The van der Waals surface area contributed by atoms with Crippen molar-refractivity contribution < 1.29 is 4.74 Å². The fraction of sp³-hybridized carbons (Fsp3) is 0.600. The maximum absolute atomic E-state index is 5.51. The molecule has 3 rings (SSSR count). The lowest BCUT2D eigenvalue weighted by Crippen LogP contribution is -2.43. The van der Waals surface area contributed by atoms with E-state index in [1.807, 2.05) is 0 Å². The second-order valence-electron chi connectivity index (χ2n) is 5.23. The van der Waals surface area contributed by atoms with Gasteiger partial charge in [0.05, 0.1) is 13.2 Å². The van der Waals surface area contributed by atoms with Crippen LogP contribution >= 0.6 is 0 Å². The van der Waals surface area contributed by atoms with E-state index in [1.165, 1.54) is 37.1 Å². The molecule has 0 radical (unpaired) electrons. The van der Waals surface area contributed by atoms with Gasteiger partial charge in [0, 0.05) is 31.4 Å². The summed E-state index contributed by atoms with van der Waals surface area (Å²) in [5, 5.41) is 3.53. The number of hydrogen-bond acceptors (Lipinski definition) is 3. The molecule has 98 valence electrons. The Labute approximate surface area is 109 Å². The van der Waals surface area contributed by atoms with Crippen LogP contribution in [-0.2, 0) is 11.2 Å². The van der Waals surface area contributed by atoms with Gasteiger partial charge in [-0.05, 0) is 30.9 Å². The summed E-state index contributed by atoms with van der Waals surface area (Å²) in [6, 6.07) is 9.37. The number of nitrogens with one attached hydrogen (secondary N) is 1. The van der Waals surface area contributed by atoms with Crippen LogP contribution < -0.4 is 10.2 Å². The Bertz CT molecular complexity index is 388. The smallest absolute Gasteiger partial charge is 0.0620 e. The average Bonchev–Trinajstić information content (AvgIpc) is 2.46. The topological polar surface area (TPSA) is 24.5 Å². The van der Waals surface area contributed by atoms with Crippen LogP contribution in [0.4, 0.5) is 5.69 Å². The van der Waals surface area contributed by atoms with Gasteiger partial charge in [0.2, 0.25) is 0 Å². The van der Waals surface area contributed by atoms with Crippen LogP contribution in [0.3, 0.4) is 0 Å². The lowest BCUT2D eigenvalue weighted by atomic mass is 10.0. The van der Waals surface area contributed by atoms with E-state index in [1.54, 1.807) is 0 Å². The van der Waals surface area contributed by atoms with E-state index >= 15 is 0 Å². The zero-order chi connectivity index (χ0) is 12.2. The number of rotatable bonds is 3. The second kappa shape index (κ2) is 5.72. The summed E-state index contributed by atoms with van der Waals surface area (Å²) < 4.78 is 5.51. The van der Waals surface area contributed by atoms with Crippen LogP contribution in [0.15, 0.2) is 24.3 Å². The molecule has 1 N–H and O–H groups in total. The number of aryl methyl sites for hydroxylation is 1. The zero-order valence-corrected chi connectivity index (χ0v) is 10.9. The summed E-state index contributed by atoms with van der Waals surface area (Å²) in [5.41, 5.74) is 2.96. The third-order valence-electron chi connectivity index (χ3n) is 3.95. The molecule has 0 amide bonds. The molecule has 1 fully saturated rings. The zero-order valence-electron chi connectivity index (χ0n) is 10.9. The lowest BCUT2D eigenvalue weighted by Gasteiger charge is -2.33. The number of anilines is 1. The van der Waals surface area contributed by atoms with Gasteiger partial charge in [0.15, 0.2) is 0 Å². The van der Waals surface area contributed by atoms with Crippen molar-refractivity contribution in [3.05, 3.63) is 29.8 Å². The van der Waals surface area contributed by atoms with Crippen molar-refractivity contribution in [1.29, 1.82) is 0 Å². The summed E-state index contributed by atoms with van der Waals surface area (Å²) >= 11 is 0. The lowest BCUT2D eigenvalue weighted by molar-refractivity contribution is 0.0748. The van der Waals surface area contributed by atoms with E-state index in [-0.39, 0.29) is 0 Å². The number of hydrogen-bond donors (Lipinski definition) is 1. The van der Waals surface area contributed by atoms with Gasteiger partial charge in [-0.15, -0.1) is 0 Å². The Morgan fingerprint density at radius 3 is 3.17 bits per heavy atom. The van der Waals surface area contributed by atoms with Gasteiger partial charge in [0.25, 0.3) is 0 Å². The monoisotopic (exact) mass is 246 g/mol. The number of fused-ring (bicyclic) bond motifs is 1. The molecule has 1 aromatic rings. The number of morpholine rings is 1. The molecule has 3 heteroatoms. The van der Waals surface area contributed by atoms with Crippen molar-refractivity contribution in [2.75, 3.05) is 37.7 Å². The highest BCUT2D eigenvalue weighted by Crippen LogP contribution is 2.26. The van der Waals surface area contributed by atoms with E-state index < -0.39 is 0 Å². The third-order valence-corrected chi connectivity index (χ3v) is 3.95. The molecule has 0 bridgehead atoms. The van der Waals surface area contributed by atoms with Gasteiger partial charge in [-0.3, -0.25) is 0 Å². The third kappa shape index (κ3) is 2.68. The fourth-order valence-corrected chi connectivity index (χ4v) is 2.96. The minimum Gasteiger partial charge on any atom is -0.379 e. The van der Waals surface area contributed by atoms with Gasteiger partial charge in [-0.1, -0.05) is 18.2 Å². The highest BCUT2D eigenvalue weighted by atomic mass is 16.5. The molecular formula is C15H22N2O. The number of para-hydroxylation sites is 1. The van der Waals surface area contributed by atoms with E-state index in [0.29, 0.717) is 6.04 Å². The standard InChI is InChI=1S/C15H22N2O/c1-2-6-15-13(4-1)5-3-9-17(15)10-7-14-12-18-11-8-16-14/h1-2,4,6,14,16H,3,5,7-12H2. The molecule has 0 saturated carbocycles. The number of nitrogens with zero attached hydrogens (tertiary/aromatic N) is 1. The molecule has 3 nitrogen and oxygen atoms in total. The molecular weight excluding hydrogens is 224 g/mol. The van der Waals surface area contributed by atoms with E-state index in [2.05, 4.69) is 34.5 Å². The molecule has 1 saturated heterocycles. The van der Waals surface area contributed by atoms with Gasteiger partial charge in [-0.2, -0.15) is 0 Å². The van der Waals surface area contributed by atoms with Gasteiger partial charge >= 0.3 is 0 Å². The molecule has 0 aromatic heterocycles. The molecule has 2 heterocycles. The van der Waals surface area contributed by atoms with Crippen molar-refractivity contribution in [1.82, 2.24) is 5.32 Å². The van der Waals surface area contributed by atoms with Crippen LogP contribution in [0.5, 0.6) is 0 Å². The molecule has 2 aliphatic heterocycles. The maximum Gasteiger partial charge on any atom is 0.0620 e. The normalized spacial score (nSPS) is 23.8. The Balaban J connectivity index is 1.60. The molecule has 1 atom stereocenters. The van der Waals surface area contributed by atoms with E-state index in [4.69, 9.17) is 4.74 Å². The van der Waals surface area contributed by atoms with Crippen LogP contribution in [-0.4, -0.2) is 38.9 Å². The predicted molar refractivity (Wildman–Crippen MR) is 74.2 cm³/mol. The molecule has 0 spiro atoms. The SMILES string of the molecule is c1ccc2c(c1)CCCN2CCC1COCCN1. The van der Waals surface area contributed by atoms with E-state index in [9.17, 15) is 0 Å². The molecule has 1 aromatic carbocycles. The van der Waals surface area contributed by atoms with Crippen LogP contribution in [0.25, 0.3) is 0 Å². The quantitative estimate of drug-likeness (QED) is 0.880. The molecule has 1 unspecified atom stereocenters. The Kier molecular flexibility index (Phi) is 3.81. The molecule has 18 heavy (non-hydrogen) atoms. The summed E-state index contributed by atoms with van der Waals surface area (Å²) in [4.78, 5) is 2.54. The van der Waals surface area contributed by atoms with Gasteiger partial charge < -0.3 is 15.0 Å². The van der Waals surface area contributed by atoms with Gasteiger partial charge in [0.1, 0.15) is 0 Å². The summed E-state index contributed by atoms with van der Waals surface area (Å²) in [5.74, 6) is 0.